The van der Waals surface area contributed by atoms with Gasteiger partial charge in [0, 0.05) is 24.9 Å². The molecule has 3 nitrogen and oxygen atoms in total. The Labute approximate surface area is 137 Å². The zero-order valence-electron chi connectivity index (χ0n) is 12.5. The number of ketones is 1. The van der Waals surface area contributed by atoms with Crippen LogP contribution in [0.2, 0.25) is 0 Å². The van der Waals surface area contributed by atoms with E-state index in [4.69, 9.17) is 12.2 Å². The zero-order chi connectivity index (χ0) is 16.8. The van der Waals surface area contributed by atoms with Gasteiger partial charge < -0.3 is 10.6 Å². The fourth-order valence-corrected chi connectivity index (χ4v) is 2.83. The first-order chi connectivity index (χ1) is 10.3. The van der Waals surface area contributed by atoms with Crippen LogP contribution in [-0.2, 0) is 4.79 Å². The predicted molar refractivity (Wildman–Crippen MR) is 87.8 cm³/mol. The summed E-state index contributed by atoms with van der Waals surface area (Å²) >= 11 is 6.77. The van der Waals surface area contributed by atoms with Gasteiger partial charge in [0.2, 0.25) is 0 Å². The first-order valence-electron chi connectivity index (χ1n) is 6.83. The number of thiocarbonyl (C=S) groups is 1. The summed E-state index contributed by atoms with van der Waals surface area (Å²) in [6, 6.07) is 0. The highest BCUT2D eigenvalue weighted by atomic mass is 32.2. The maximum absolute atomic E-state index is 12.7. The minimum absolute atomic E-state index is 0.0709. The number of hydrogen-bond donors (Lipinski definition) is 2. The molecule has 0 aromatic heterocycles. The zero-order valence-corrected chi connectivity index (χ0v) is 14.1. The van der Waals surface area contributed by atoms with E-state index in [0.717, 1.165) is 41.7 Å². The van der Waals surface area contributed by atoms with Crippen LogP contribution in [0.4, 0.5) is 13.2 Å². The van der Waals surface area contributed by atoms with E-state index in [-0.39, 0.29) is 6.54 Å². The summed E-state index contributed by atoms with van der Waals surface area (Å²) in [6.07, 6.45) is 0.713. The number of carbonyl (C=O) groups excluding carboxylic acids is 1. The topological polar surface area (TPSA) is 41.1 Å². The molecule has 0 saturated heterocycles. The van der Waals surface area contributed by atoms with E-state index in [1.165, 1.54) is 11.8 Å². The first kappa shape index (κ1) is 19.0. The van der Waals surface area contributed by atoms with Crippen molar-refractivity contribution in [2.45, 2.75) is 32.4 Å². The lowest BCUT2D eigenvalue weighted by molar-refractivity contribution is -0.115. The Bertz CT molecular complexity index is 499. The van der Waals surface area contributed by atoms with Crippen LogP contribution in [0.15, 0.2) is 23.0 Å². The van der Waals surface area contributed by atoms with Crippen molar-refractivity contribution in [2.75, 3.05) is 19.3 Å². The van der Waals surface area contributed by atoms with Gasteiger partial charge in [-0.1, -0.05) is 12.2 Å². The fraction of sp³-hybridized carbons (Fsp3) is 0.571. The normalized spacial score (nSPS) is 16.0. The molecule has 0 spiro atoms. The maximum Gasteiger partial charge on any atom is 0.431 e. The third kappa shape index (κ3) is 6.00. The Kier molecular flexibility index (Phi) is 7.41. The Hall–Kier alpha value is -1.02. The molecule has 0 amide bonds. The summed E-state index contributed by atoms with van der Waals surface area (Å²) in [4.78, 5) is 10.8. The molecule has 0 fully saturated rings. The second-order valence-electron chi connectivity index (χ2n) is 4.82. The fourth-order valence-electron chi connectivity index (χ4n) is 2.13. The second kappa shape index (κ2) is 8.57. The molecule has 2 N–H and O–H groups in total. The molecule has 0 aliphatic heterocycles. The number of hydrogen-bond acceptors (Lipinski definition) is 5. The molecule has 0 radical (unpaired) electrons. The van der Waals surface area contributed by atoms with Gasteiger partial charge in [0.1, 0.15) is 5.70 Å². The Morgan fingerprint density at radius 3 is 2.59 bits per heavy atom. The van der Waals surface area contributed by atoms with Crippen molar-refractivity contribution in [3.8, 4) is 0 Å². The van der Waals surface area contributed by atoms with Crippen molar-refractivity contribution in [3.05, 3.63) is 23.0 Å². The van der Waals surface area contributed by atoms with Crippen LogP contribution in [0, 0.1) is 0 Å². The highest BCUT2D eigenvalue weighted by Gasteiger charge is 2.33. The smallest absolute Gasteiger partial charge is 0.386 e. The number of thioether (sulfide) groups is 1. The van der Waals surface area contributed by atoms with Crippen LogP contribution in [0.5, 0.6) is 0 Å². The van der Waals surface area contributed by atoms with Gasteiger partial charge in [0.25, 0.3) is 0 Å². The van der Waals surface area contributed by atoms with Crippen LogP contribution in [0.3, 0.4) is 0 Å². The highest BCUT2D eigenvalue weighted by Crippen LogP contribution is 2.28. The van der Waals surface area contributed by atoms with Crippen LogP contribution >= 0.6 is 24.0 Å². The van der Waals surface area contributed by atoms with E-state index < -0.39 is 17.7 Å². The van der Waals surface area contributed by atoms with Gasteiger partial charge in [0.05, 0.1) is 4.20 Å². The van der Waals surface area contributed by atoms with Crippen LogP contribution < -0.4 is 10.6 Å². The Morgan fingerprint density at radius 1 is 1.36 bits per heavy atom. The molecule has 0 aromatic rings. The van der Waals surface area contributed by atoms with Gasteiger partial charge in [-0.25, -0.2) is 0 Å². The van der Waals surface area contributed by atoms with E-state index in [1.54, 1.807) is 0 Å². The lowest BCUT2D eigenvalue weighted by atomic mass is 10.2. The maximum atomic E-state index is 12.7. The van der Waals surface area contributed by atoms with E-state index in [1.807, 2.05) is 6.26 Å². The highest BCUT2D eigenvalue weighted by molar-refractivity contribution is 8.23. The third-order valence-corrected chi connectivity index (χ3v) is 4.45. The molecular formula is C14H19F3N2OS2. The molecule has 124 valence electrons. The number of carbonyl (C=O) groups is 1. The minimum Gasteiger partial charge on any atom is -0.386 e. The molecule has 1 aliphatic carbocycles. The number of halogens is 3. The standard InChI is InChI=1S/C14H19F3N2OS2/c1-9(20)8-12(14(15,16)17)19-7-6-18-11-5-3-4-10(11)13(21)22-2/h8,18-19H,3-7H2,1-2H3/b12-8+. The van der Waals surface area contributed by atoms with Crippen LogP contribution in [0.25, 0.3) is 0 Å². The average molecular weight is 352 g/mol. The van der Waals surface area contributed by atoms with Gasteiger partial charge in [-0.2, -0.15) is 13.2 Å². The molecular weight excluding hydrogens is 333 g/mol. The molecule has 0 aromatic carbocycles. The molecule has 1 aliphatic rings. The summed E-state index contributed by atoms with van der Waals surface area (Å²) < 4.78 is 38.9. The van der Waals surface area contributed by atoms with Crippen LogP contribution in [0.1, 0.15) is 26.2 Å². The number of rotatable bonds is 7. The molecule has 0 heterocycles. The van der Waals surface area contributed by atoms with Crippen molar-refractivity contribution in [1.82, 2.24) is 10.6 Å². The van der Waals surface area contributed by atoms with Crippen LogP contribution in [-0.4, -0.2) is 35.5 Å². The van der Waals surface area contributed by atoms with E-state index >= 15 is 0 Å². The largest absolute Gasteiger partial charge is 0.431 e. The molecule has 8 heteroatoms. The summed E-state index contributed by atoms with van der Waals surface area (Å²) in [5.74, 6) is -0.640. The summed E-state index contributed by atoms with van der Waals surface area (Å²) in [5.41, 5.74) is 1.10. The van der Waals surface area contributed by atoms with Gasteiger partial charge in [0.15, 0.2) is 5.78 Å². The molecule has 0 unspecified atom stereocenters. The quantitative estimate of drug-likeness (QED) is 0.418. The minimum atomic E-state index is -4.55. The molecule has 22 heavy (non-hydrogen) atoms. The Morgan fingerprint density at radius 2 is 2.05 bits per heavy atom. The molecule has 0 saturated carbocycles. The van der Waals surface area contributed by atoms with Gasteiger partial charge >= 0.3 is 6.18 Å². The predicted octanol–water partition coefficient (Wildman–Crippen LogP) is 3.33. The molecule has 0 atom stereocenters. The SMILES string of the molecule is CSC(=S)C1=C(NCCN/C(=C/C(C)=O)C(F)(F)F)CCC1. The van der Waals surface area contributed by atoms with Crippen molar-refractivity contribution < 1.29 is 18.0 Å². The lowest BCUT2D eigenvalue weighted by Gasteiger charge is -2.15. The Balaban J connectivity index is 2.53. The van der Waals surface area contributed by atoms with Gasteiger partial charge in [-0.3, -0.25) is 4.79 Å². The van der Waals surface area contributed by atoms with Crippen molar-refractivity contribution in [3.63, 3.8) is 0 Å². The van der Waals surface area contributed by atoms with Gasteiger partial charge in [-0.15, -0.1) is 11.8 Å². The van der Waals surface area contributed by atoms with Crippen molar-refractivity contribution in [2.24, 2.45) is 0 Å². The number of alkyl halides is 3. The monoisotopic (exact) mass is 352 g/mol. The van der Waals surface area contributed by atoms with E-state index in [9.17, 15) is 18.0 Å². The summed E-state index contributed by atoms with van der Waals surface area (Å²) in [5, 5.41) is 5.41. The summed E-state index contributed by atoms with van der Waals surface area (Å²) in [6.45, 7) is 1.49. The number of allylic oxidation sites excluding steroid dienone is 3. The summed E-state index contributed by atoms with van der Waals surface area (Å²) in [7, 11) is 0. The van der Waals surface area contributed by atoms with Gasteiger partial charge in [-0.05, 0) is 38.0 Å². The first-order valence-corrected chi connectivity index (χ1v) is 8.46. The van der Waals surface area contributed by atoms with Crippen molar-refractivity contribution >= 4 is 34.0 Å². The average Bonchev–Trinajstić information content (AvgIpc) is 2.88. The molecule has 1 rings (SSSR count). The van der Waals surface area contributed by atoms with E-state index in [0.29, 0.717) is 12.6 Å². The number of nitrogens with one attached hydrogen (secondary N) is 2. The third-order valence-electron chi connectivity index (χ3n) is 3.08. The van der Waals surface area contributed by atoms with E-state index in [2.05, 4.69) is 10.6 Å². The van der Waals surface area contributed by atoms with Crippen molar-refractivity contribution in [1.29, 1.82) is 0 Å². The second-order valence-corrected chi connectivity index (χ2v) is 6.31. The lowest BCUT2D eigenvalue weighted by Crippen LogP contribution is -2.32. The molecule has 0 bridgehead atoms.